The third kappa shape index (κ3) is 2.91. The van der Waals surface area contributed by atoms with E-state index in [1.807, 2.05) is 18.2 Å². The molecule has 0 bridgehead atoms. The van der Waals surface area contributed by atoms with Crippen LogP contribution in [0.2, 0.25) is 0 Å². The van der Waals surface area contributed by atoms with Gasteiger partial charge >= 0.3 is 0 Å². The Bertz CT molecular complexity index is 509. The maximum absolute atomic E-state index is 13.1. The van der Waals surface area contributed by atoms with Crippen LogP contribution in [0.25, 0.3) is 0 Å². The fourth-order valence-electron chi connectivity index (χ4n) is 1.50. The van der Waals surface area contributed by atoms with E-state index in [0.717, 1.165) is 6.29 Å². The number of halogens is 1. The minimum absolute atomic E-state index is 0.211. The summed E-state index contributed by atoms with van der Waals surface area (Å²) in [4.78, 5) is 10.5. The Hall–Kier alpha value is -2.16. The Labute approximate surface area is 98.7 Å². The lowest BCUT2D eigenvalue weighted by Gasteiger charge is -2.09. The topological polar surface area (TPSA) is 26.3 Å². The number of carbonyl (C=O) groups is 1. The molecule has 0 aromatic heterocycles. The van der Waals surface area contributed by atoms with Crippen molar-refractivity contribution in [3.63, 3.8) is 0 Å². The van der Waals surface area contributed by atoms with Gasteiger partial charge in [0.1, 0.15) is 23.6 Å². The summed E-state index contributed by atoms with van der Waals surface area (Å²) in [5.74, 6) is 0.610. The first-order valence-electron chi connectivity index (χ1n) is 5.24. The van der Waals surface area contributed by atoms with Gasteiger partial charge in [-0.2, -0.15) is 0 Å². The molecular weight excluding hydrogens is 219 g/mol. The Kier molecular flexibility index (Phi) is 3.50. The molecule has 0 radical (unpaired) electrons. The minimum atomic E-state index is -0.384. The molecule has 0 atom stereocenters. The second-order valence-corrected chi connectivity index (χ2v) is 3.54. The highest BCUT2D eigenvalue weighted by molar-refractivity contribution is 5.57. The van der Waals surface area contributed by atoms with Crippen molar-refractivity contribution in [3.05, 3.63) is 59.9 Å². The highest BCUT2D eigenvalue weighted by Gasteiger charge is 2.06. The molecule has 0 unspecified atom stereocenters. The molecule has 2 aromatic rings. The average Bonchev–Trinajstić information content (AvgIpc) is 2.34. The first kappa shape index (κ1) is 11.3. The zero-order valence-corrected chi connectivity index (χ0v) is 9.10. The Balaban J connectivity index is 2.30. The molecule has 0 aliphatic heterocycles. The summed E-state index contributed by atoms with van der Waals surface area (Å²) in [6, 6.07) is 13.2. The van der Waals surface area contributed by atoms with E-state index in [4.69, 9.17) is 4.74 Å². The maximum Gasteiger partial charge on any atom is 0.133 e. The van der Waals surface area contributed by atoms with Gasteiger partial charge in [-0.25, -0.2) is 4.39 Å². The summed E-state index contributed by atoms with van der Waals surface area (Å²) in [7, 11) is 0. The van der Waals surface area contributed by atoms with Crippen LogP contribution in [0, 0.1) is 5.82 Å². The minimum Gasteiger partial charge on any atom is -0.457 e. The summed E-state index contributed by atoms with van der Waals surface area (Å²) in [5.41, 5.74) is 0.672. The third-order valence-electron chi connectivity index (χ3n) is 2.30. The number of ether oxygens (including phenoxy) is 1. The smallest absolute Gasteiger partial charge is 0.133 e. The Morgan fingerprint density at radius 2 is 1.88 bits per heavy atom. The summed E-state index contributed by atoms with van der Waals surface area (Å²) >= 11 is 0. The van der Waals surface area contributed by atoms with E-state index in [1.165, 1.54) is 12.1 Å². The molecule has 17 heavy (non-hydrogen) atoms. The van der Waals surface area contributed by atoms with Gasteiger partial charge in [-0.05, 0) is 18.2 Å². The van der Waals surface area contributed by atoms with Crippen molar-refractivity contribution in [2.24, 2.45) is 0 Å². The largest absolute Gasteiger partial charge is 0.457 e. The predicted molar refractivity (Wildman–Crippen MR) is 62.7 cm³/mol. The molecule has 0 amide bonds. The molecule has 3 heteroatoms. The molecular formula is C14H11FO2. The second-order valence-electron chi connectivity index (χ2n) is 3.54. The van der Waals surface area contributed by atoms with Crippen molar-refractivity contribution in [3.8, 4) is 11.5 Å². The van der Waals surface area contributed by atoms with Crippen molar-refractivity contribution >= 4 is 6.29 Å². The van der Waals surface area contributed by atoms with E-state index >= 15 is 0 Å². The van der Waals surface area contributed by atoms with Gasteiger partial charge in [0.2, 0.25) is 0 Å². The zero-order valence-electron chi connectivity index (χ0n) is 9.10. The Morgan fingerprint density at radius 1 is 1.12 bits per heavy atom. The highest BCUT2D eigenvalue weighted by atomic mass is 19.1. The Morgan fingerprint density at radius 3 is 2.59 bits per heavy atom. The van der Waals surface area contributed by atoms with Crippen molar-refractivity contribution in [1.29, 1.82) is 0 Å². The molecule has 2 aromatic carbocycles. The summed E-state index contributed by atoms with van der Waals surface area (Å²) < 4.78 is 18.7. The van der Waals surface area contributed by atoms with Gasteiger partial charge in [0.05, 0.1) is 0 Å². The van der Waals surface area contributed by atoms with Crippen LogP contribution in [0.4, 0.5) is 4.39 Å². The van der Waals surface area contributed by atoms with E-state index in [9.17, 15) is 9.18 Å². The maximum atomic E-state index is 13.1. The van der Waals surface area contributed by atoms with Crippen LogP contribution in [0.1, 0.15) is 5.56 Å². The fourth-order valence-corrected chi connectivity index (χ4v) is 1.50. The molecule has 0 saturated heterocycles. The lowest BCUT2D eigenvalue weighted by Crippen LogP contribution is -1.93. The number of aldehydes is 1. The van der Waals surface area contributed by atoms with E-state index in [0.29, 0.717) is 17.1 Å². The molecule has 0 saturated carbocycles. The van der Waals surface area contributed by atoms with Gasteiger partial charge < -0.3 is 9.53 Å². The van der Waals surface area contributed by atoms with Crippen molar-refractivity contribution in [2.75, 3.05) is 0 Å². The van der Waals surface area contributed by atoms with Crippen LogP contribution in [0.5, 0.6) is 11.5 Å². The van der Waals surface area contributed by atoms with E-state index in [2.05, 4.69) is 0 Å². The molecule has 0 heterocycles. The van der Waals surface area contributed by atoms with Gasteiger partial charge in [0, 0.05) is 18.1 Å². The van der Waals surface area contributed by atoms with Crippen LogP contribution >= 0.6 is 0 Å². The molecule has 0 spiro atoms. The number of hydrogen-bond donors (Lipinski definition) is 0. The van der Waals surface area contributed by atoms with E-state index < -0.39 is 0 Å². The summed E-state index contributed by atoms with van der Waals surface area (Å²) in [6.45, 7) is 0. The lowest BCUT2D eigenvalue weighted by atomic mass is 10.1. The van der Waals surface area contributed by atoms with Crippen molar-refractivity contribution < 1.29 is 13.9 Å². The predicted octanol–water partition coefficient (Wildman–Crippen LogP) is 3.36. The standard InChI is InChI=1S/C14H11FO2/c15-12-7-6-11(8-9-16)14(10-12)17-13-4-2-1-3-5-13/h1-7,9-10H,8H2. The van der Waals surface area contributed by atoms with Crippen LogP contribution in [-0.2, 0) is 11.2 Å². The lowest BCUT2D eigenvalue weighted by molar-refractivity contribution is -0.107. The van der Waals surface area contributed by atoms with Crippen LogP contribution in [0.15, 0.2) is 48.5 Å². The van der Waals surface area contributed by atoms with Crippen molar-refractivity contribution in [1.82, 2.24) is 0 Å². The van der Waals surface area contributed by atoms with E-state index in [1.54, 1.807) is 18.2 Å². The molecule has 0 aliphatic carbocycles. The third-order valence-corrected chi connectivity index (χ3v) is 2.30. The SMILES string of the molecule is O=CCc1ccc(F)cc1Oc1ccccc1. The van der Waals surface area contributed by atoms with Gasteiger partial charge in [0.25, 0.3) is 0 Å². The van der Waals surface area contributed by atoms with Gasteiger partial charge in [-0.15, -0.1) is 0 Å². The average molecular weight is 230 g/mol. The zero-order chi connectivity index (χ0) is 12.1. The first-order chi connectivity index (χ1) is 8.29. The van der Waals surface area contributed by atoms with Crippen molar-refractivity contribution in [2.45, 2.75) is 6.42 Å². The number of carbonyl (C=O) groups excluding carboxylic acids is 1. The molecule has 86 valence electrons. The highest BCUT2D eigenvalue weighted by Crippen LogP contribution is 2.26. The van der Waals surface area contributed by atoms with Crippen LogP contribution in [0.3, 0.4) is 0 Å². The normalized spacial score (nSPS) is 9.94. The summed E-state index contributed by atoms with van der Waals surface area (Å²) in [6.07, 6.45) is 0.980. The molecule has 0 fully saturated rings. The number of para-hydroxylation sites is 1. The van der Waals surface area contributed by atoms with Crippen LogP contribution < -0.4 is 4.74 Å². The van der Waals surface area contributed by atoms with Gasteiger partial charge in [-0.3, -0.25) is 0 Å². The molecule has 0 N–H and O–H groups in total. The van der Waals surface area contributed by atoms with Crippen LogP contribution in [-0.4, -0.2) is 6.29 Å². The van der Waals surface area contributed by atoms with Gasteiger partial charge in [-0.1, -0.05) is 24.3 Å². The van der Waals surface area contributed by atoms with Gasteiger partial charge in [0.15, 0.2) is 0 Å². The first-order valence-corrected chi connectivity index (χ1v) is 5.24. The number of rotatable bonds is 4. The monoisotopic (exact) mass is 230 g/mol. The quantitative estimate of drug-likeness (QED) is 0.753. The number of benzene rings is 2. The number of hydrogen-bond acceptors (Lipinski definition) is 2. The fraction of sp³-hybridized carbons (Fsp3) is 0.0714. The molecule has 2 nitrogen and oxygen atoms in total. The molecule has 2 rings (SSSR count). The van der Waals surface area contributed by atoms with E-state index in [-0.39, 0.29) is 12.2 Å². The molecule has 0 aliphatic rings. The summed E-state index contributed by atoms with van der Waals surface area (Å²) in [5, 5.41) is 0. The second kappa shape index (κ2) is 5.25.